The van der Waals surface area contributed by atoms with Gasteiger partial charge < -0.3 is 26.6 Å². The molecule has 6 N–H and O–H groups in total. The van der Waals surface area contributed by atoms with Crippen molar-refractivity contribution in [3.63, 3.8) is 0 Å². The first kappa shape index (κ1) is 25.0. The zero-order valence-corrected chi connectivity index (χ0v) is 18.2. The van der Waals surface area contributed by atoms with Gasteiger partial charge in [0.05, 0.1) is 18.2 Å². The third-order valence-corrected chi connectivity index (χ3v) is 5.05. The second-order valence-corrected chi connectivity index (χ2v) is 7.91. The first-order valence-electron chi connectivity index (χ1n) is 10.7. The lowest BCUT2D eigenvalue weighted by Gasteiger charge is -2.15. The Morgan fingerprint density at radius 2 is 1.81 bits per heavy atom. The molecule has 2 atom stereocenters. The molecule has 0 spiro atoms. The average Bonchev–Trinajstić information content (AvgIpc) is 2.76. The van der Waals surface area contributed by atoms with E-state index in [1.165, 1.54) is 6.07 Å². The third kappa shape index (κ3) is 8.49. The lowest BCUT2D eigenvalue weighted by molar-refractivity contribution is -0.141. The van der Waals surface area contributed by atoms with E-state index in [9.17, 15) is 19.5 Å². The zero-order chi connectivity index (χ0) is 23.5. The second kappa shape index (κ2) is 12.6. The molecule has 0 fully saturated rings. The number of carbonyl (C=O) groups is 3. The Labute approximate surface area is 187 Å². The van der Waals surface area contributed by atoms with E-state index in [0.717, 1.165) is 5.56 Å². The summed E-state index contributed by atoms with van der Waals surface area (Å²) in [6.45, 7) is 2.32. The van der Waals surface area contributed by atoms with Crippen molar-refractivity contribution in [3.8, 4) is 5.75 Å². The van der Waals surface area contributed by atoms with Gasteiger partial charge >= 0.3 is 5.97 Å². The quantitative estimate of drug-likeness (QED) is 0.183. The van der Waals surface area contributed by atoms with Crippen LogP contribution in [-0.2, 0) is 16.0 Å². The molecule has 0 aliphatic heterocycles. The molecule has 8 heteroatoms. The van der Waals surface area contributed by atoms with Crippen molar-refractivity contribution < 1.29 is 24.6 Å². The minimum Gasteiger partial charge on any atom is -0.506 e. The van der Waals surface area contributed by atoms with E-state index >= 15 is 0 Å². The number of aromatic hydroxyl groups is 1. The summed E-state index contributed by atoms with van der Waals surface area (Å²) in [4.78, 5) is 35.2. The molecule has 8 nitrogen and oxygen atoms in total. The van der Waals surface area contributed by atoms with E-state index in [1.807, 2.05) is 18.2 Å². The van der Waals surface area contributed by atoms with Crippen molar-refractivity contribution in [1.82, 2.24) is 5.32 Å². The van der Waals surface area contributed by atoms with Gasteiger partial charge in [0.1, 0.15) is 5.75 Å². The Bertz CT molecular complexity index is 917. The van der Waals surface area contributed by atoms with E-state index in [2.05, 4.69) is 10.6 Å². The summed E-state index contributed by atoms with van der Waals surface area (Å²) in [6, 6.07) is 13.5. The van der Waals surface area contributed by atoms with Gasteiger partial charge in [0.15, 0.2) is 5.78 Å². The number of hydrogen-bond donors (Lipinski definition) is 5. The van der Waals surface area contributed by atoms with Gasteiger partial charge in [-0.05, 0) is 43.5 Å². The summed E-state index contributed by atoms with van der Waals surface area (Å²) >= 11 is 0. The van der Waals surface area contributed by atoms with Crippen molar-refractivity contribution in [2.24, 2.45) is 11.7 Å². The van der Waals surface area contributed by atoms with Crippen molar-refractivity contribution in [2.75, 3.05) is 18.4 Å². The average molecular weight is 442 g/mol. The summed E-state index contributed by atoms with van der Waals surface area (Å²) in [5.41, 5.74) is 7.77. The number of nitrogens with one attached hydrogen (secondary N) is 2. The summed E-state index contributed by atoms with van der Waals surface area (Å²) in [6.07, 6.45) is 1.52. The molecular formula is C24H31N3O5. The highest BCUT2D eigenvalue weighted by molar-refractivity contribution is 5.97. The van der Waals surface area contributed by atoms with Gasteiger partial charge in [0, 0.05) is 18.0 Å². The van der Waals surface area contributed by atoms with Crippen LogP contribution < -0.4 is 16.4 Å². The number of carboxylic acids is 1. The van der Waals surface area contributed by atoms with Gasteiger partial charge in [0.25, 0.3) is 0 Å². The lowest BCUT2D eigenvalue weighted by atomic mass is 9.96. The van der Waals surface area contributed by atoms with Crippen LogP contribution in [0.25, 0.3) is 0 Å². The summed E-state index contributed by atoms with van der Waals surface area (Å²) in [5, 5.41) is 24.8. The number of phenols is 1. The smallest absolute Gasteiger partial charge is 0.306 e. The molecule has 2 aromatic carbocycles. The number of rotatable bonds is 13. The van der Waals surface area contributed by atoms with Gasteiger partial charge in [0.2, 0.25) is 5.91 Å². The van der Waals surface area contributed by atoms with Crippen LogP contribution in [0, 0.1) is 5.92 Å². The highest BCUT2D eigenvalue weighted by Crippen LogP contribution is 2.25. The van der Waals surface area contributed by atoms with Gasteiger partial charge in [-0.25, -0.2) is 0 Å². The number of ketones is 1. The SMILES string of the molecule is CC(C[C@@H](N)Cc1ccc(O)c(NC(=O)CCCNCC(=O)c2ccccc2)c1)C(=O)O. The first-order valence-corrected chi connectivity index (χ1v) is 10.7. The molecule has 2 aromatic rings. The number of carbonyl (C=O) groups excluding carboxylic acids is 2. The van der Waals surface area contributed by atoms with Crippen LogP contribution in [0.1, 0.15) is 42.1 Å². The molecule has 0 saturated carbocycles. The highest BCUT2D eigenvalue weighted by atomic mass is 16.4. The van der Waals surface area contributed by atoms with Crippen molar-refractivity contribution >= 4 is 23.3 Å². The fourth-order valence-corrected chi connectivity index (χ4v) is 3.27. The Balaban J connectivity index is 1.75. The Morgan fingerprint density at radius 3 is 2.50 bits per heavy atom. The molecule has 172 valence electrons. The van der Waals surface area contributed by atoms with Crippen LogP contribution in [0.2, 0.25) is 0 Å². The van der Waals surface area contributed by atoms with E-state index in [4.69, 9.17) is 10.8 Å². The fourth-order valence-electron chi connectivity index (χ4n) is 3.27. The van der Waals surface area contributed by atoms with Crippen LogP contribution in [-0.4, -0.2) is 47.0 Å². The molecule has 1 unspecified atom stereocenters. The third-order valence-electron chi connectivity index (χ3n) is 5.05. The highest BCUT2D eigenvalue weighted by Gasteiger charge is 2.16. The van der Waals surface area contributed by atoms with E-state index < -0.39 is 11.9 Å². The molecule has 0 radical (unpaired) electrons. The lowest BCUT2D eigenvalue weighted by Crippen LogP contribution is -2.28. The largest absolute Gasteiger partial charge is 0.506 e. The molecule has 2 rings (SSSR count). The Hall–Kier alpha value is -3.23. The van der Waals surface area contributed by atoms with Gasteiger partial charge in [-0.15, -0.1) is 0 Å². The van der Waals surface area contributed by atoms with Crippen molar-refractivity contribution in [3.05, 3.63) is 59.7 Å². The van der Waals surface area contributed by atoms with Crippen LogP contribution >= 0.6 is 0 Å². The van der Waals surface area contributed by atoms with Crippen LogP contribution in [0.15, 0.2) is 48.5 Å². The Morgan fingerprint density at radius 1 is 1.09 bits per heavy atom. The predicted molar refractivity (Wildman–Crippen MR) is 123 cm³/mol. The predicted octanol–water partition coefficient (Wildman–Crippen LogP) is 2.56. The number of amides is 1. The van der Waals surface area contributed by atoms with Crippen LogP contribution in [0.5, 0.6) is 5.75 Å². The standard InChI is InChI=1S/C24H31N3O5/c1-16(24(31)32)12-19(25)13-17-9-10-21(28)20(14-17)27-23(30)8-5-11-26-15-22(29)18-6-3-2-4-7-18/h2-4,6-7,9-10,14,16,19,26,28H,5,8,11-13,15,25H2,1H3,(H,27,30)(H,31,32)/t16?,19-/m1/s1. The molecule has 0 bridgehead atoms. The number of hydrogen-bond acceptors (Lipinski definition) is 6. The number of anilines is 1. The Kier molecular flexibility index (Phi) is 9.84. The number of Topliss-reactive ketones (excluding diaryl/α,β-unsaturated/α-hetero) is 1. The van der Waals surface area contributed by atoms with E-state index in [0.29, 0.717) is 31.4 Å². The summed E-state index contributed by atoms with van der Waals surface area (Å²) in [5.74, 6) is -1.75. The zero-order valence-electron chi connectivity index (χ0n) is 18.2. The minimum atomic E-state index is -0.891. The maximum atomic E-state index is 12.2. The number of aliphatic carboxylic acids is 1. The molecular weight excluding hydrogens is 410 g/mol. The molecule has 0 aromatic heterocycles. The number of phenolic OH excluding ortho intramolecular Hbond substituents is 1. The molecule has 32 heavy (non-hydrogen) atoms. The van der Waals surface area contributed by atoms with Gasteiger partial charge in [-0.3, -0.25) is 14.4 Å². The number of benzene rings is 2. The second-order valence-electron chi connectivity index (χ2n) is 7.91. The normalized spacial score (nSPS) is 12.7. The van der Waals surface area contributed by atoms with Crippen LogP contribution in [0.3, 0.4) is 0 Å². The summed E-state index contributed by atoms with van der Waals surface area (Å²) in [7, 11) is 0. The van der Waals surface area contributed by atoms with Gasteiger partial charge in [-0.2, -0.15) is 0 Å². The maximum Gasteiger partial charge on any atom is 0.306 e. The maximum absolute atomic E-state index is 12.2. The fraction of sp³-hybridized carbons (Fsp3) is 0.375. The van der Waals surface area contributed by atoms with Gasteiger partial charge in [-0.1, -0.05) is 43.3 Å². The van der Waals surface area contributed by atoms with E-state index in [1.54, 1.807) is 31.2 Å². The topological polar surface area (TPSA) is 142 Å². The number of carboxylic acid groups (broad SMARTS) is 1. The molecule has 0 aliphatic rings. The monoisotopic (exact) mass is 441 g/mol. The molecule has 1 amide bonds. The number of nitrogens with two attached hydrogens (primary N) is 1. The minimum absolute atomic E-state index is 0.00672. The summed E-state index contributed by atoms with van der Waals surface area (Å²) < 4.78 is 0. The molecule has 0 saturated heterocycles. The van der Waals surface area contributed by atoms with Crippen molar-refractivity contribution in [2.45, 2.75) is 38.6 Å². The van der Waals surface area contributed by atoms with Crippen LogP contribution in [0.4, 0.5) is 5.69 Å². The molecule has 0 heterocycles. The first-order chi connectivity index (χ1) is 15.3. The van der Waals surface area contributed by atoms with E-state index in [-0.39, 0.29) is 42.1 Å². The van der Waals surface area contributed by atoms with Crippen molar-refractivity contribution in [1.29, 1.82) is 0 Å². The molecule has 0 aliphatic carbocycles.